The molecule has 0 aliphatic carbocycles. The number of ether oxygens (including phenoxy) is 2. The smallest absolute Gasteiger partial charge is 0.344 e. The molecule has 0 saturated carbocycles. The van der Waals surface area contributed by atoms with Gasteiger partial charge < -0.3 is 15.2 Å². The lowest BCUT2D eigenvalue weighted by Gasteiger charge is -2.12. The summed E-state index contributed by atoms with van der Waals surface area (Å²) in [4.78, 5) is 22.3. The number of rotatable bonds is 6. The van der Waals surface area contributed by atoms with E-state index in [1.165, 1.54) is 0 Å². The summed E-state index contributed by atoms with van der Waals surface area (Å²) in [6, 6.07) is 14.9. The Bertz CT molecular complexity index is 1200. The Morgan fingerprint density at radius 1 is 1.07 bits per heavy atom. The van der Waals surface area contributed by atoms with Crippen LogP contribution in [0.5, 0.6) is 5.75 Å². The van der Waals surface area contributed by atoms with Crippen LogP contribution in [0.25, 0.3) is 27.9 Å². The van der Waals surface area contributed by atoms with E-state index in [1.54, 1.807) is 11.7 Å². The van der Waals surface area contributed by atoms with Crippen LogP contribution in [-0.2, 0) is 4.74 Å². The summed E-state index contributed by atoms with van der Waals surface area (Å²) in [6.45, 7) is 2.37. The number of para-hydroxylation sites is 4. The first-order valence-electron chi connectivity index (χ1n) is 9.53. The van der Waals surface area contributed by atoms with E-state index in [0.717, 1.165) is 12.8 Å². The van der Waals surface area contributed by atoms with Crippen molar-refractivity contribution in [1.82, 2.24) is 14.5 Å². The number of carbonyl (C=O) groups excluding carboxylic acids is 1. The van der Waals surface area contributed by atoms with E-state index in [9.17, 15) is 4.79 Å². The minimum atomic E-state index is -0.501. The third-order valence-corrected chi connectivity index (χ3v) is 4.76. The maximum Gasteiger partial charge on any atom is 0.344 e. The number of aromatic nitrogens is 3. The van der Waals surface area contributed by atoms with Crippen LogP contribution in [-0.4, -0.2) is 34.2 Å². The lowest BCUT2D eigenvalue weighted by atomic mass is 10.2. The summed E-state index contributed by atoms with van der Waals surface area (Å²) in [7, 11) is 1.59. The van der Waals surface area contributed by atoms with Gasteiger partial charge in [-0.25, -0.2) is 14.8 Å². The fraction of sp³-hybridized carbons (Fsp3) is 0.227. The van der Waals surface area contributed by atoms with Gasteiger partial charge in [-0.05, 0) is 30.7 Å². The molecule has 0 aliphatic rings. The molecule has 148 valence electrons. The molecule has 0 atom stereocenters. The molecule has 7 nitrogen and oxygen atoms in total. The van der Waals surface area contributed by atoms with E-state index in [0.29, 0.717) is 40.2 Å². The number of hydrogen-bond donors (Lipinski definition) is 1. The predicted molar refractivity (Wildman–Crippen MR) is 113 cm³/mol. The molecule has 0 amide bonds. The van der Waals surface area contributed by atoms with E-state index in [4.69, 9.17) is 20.2 Å². The predicted octanol–water partition coefficient (Wildman–Crippen LogP) is 4.12. The summed E-state index contributed by atoms with van der Waals surface area (Å²) in [5, 5.41) is 0. The Morgan fingerprint density at radius 3 is 2.48 bits per heavy atom. The zero-order valence-corrected chi connectivity index (χ0v) is 16.4. The van der Waals surface area contributed by atoms with E-state index in [-0.39, 0.29) is 11.4 Å². The maximum atomic E-state index is 12.9. The van der Waals surface area contributed by atoms with Crippen LogP contribution < -0.4 is 10.5 Å². The van der Waals surface area contributed by atoms with Crippen molar-refractivity contribution in [3.05, 3.63) is 54.1 Å². The van der Waals surface area contributed by atoms with Crippen LogP contribution in [0.2, 0.25) is 0 Å². The van der Waals surface area contributed by atoms with Gasteiger partial charge in [-0.2, -0.15) is 0 Å². The SMILES string of the molecule is CCCCOC(=O)c1c(N)n(-c2ccccc2OC)c2nc3ccccc3nc12. The number of benzene rings is 2. The lowest BCUT2D eigenvalue weighted by molar-refractivity contribution is 0.0503. The van der Waals surface area contributed by atoms with Gasteiger partial charge in [-0.1, -0.05) is 37.6 Å². The number of methoxy groups -OCH3 is 1. The Morgan fingerprint density at radius 2 is 1.76 bits per heavy atom. The molecule has 0 spiro atoms. The Labute approximate surface area is 168 Å². The summed E-state index contributed by atoms with van der Waals surface area (Å²) in [5.74, 6) is 0.331. The standard InChI is InChI=1S/C22H22N4O3/c1-3-4-13-29-22(27)18-19-21(25-15-10-6-5-9-14(15)24-19)26(20(18)23)16-11-7-8-12-17(16)28-2/h5-12H,3-4,13,23H2,1-2H3. The number of hydrogen-bond acceptors (Lipinski definition) is 6. The summed E-state index contributed by atoms with van der Waals surface area (Å²) < 4.78 is 12.6. The molecule has 2 aromatic heterocycles. The van der Waals surface area contributed by atoms with E-state index in [2.05, 4.69) is 4.98 Å². The second kappa shape index (κ2) is 7.79. The minimum absolute atomic E-state index is 0.222. The van der Waals surface area contributed by atoms with Gasteiger partial charge >= 0.3 is 5.97 Å². The highest BCUT2D eigenvalue weighted by atomic mass is 16.5. The zero-order chi connectivity index (χ0) is 20.4. The van der Waals surface area contributed by atoms with Crippen LogP contribution in [0, 0.1) is 0 Å². The Kier molecular flexibility index (Phi) is 5.03. The fourth-order valence-electron chi connectivity index (χ4n) is 3.30. The molecule has 2 N–H and O–H groups in total. The van der Waals surface area contributed by atoms with Gasteiger partial charge in [0, 0.05) is 0 Å². The molecule has 4 aromatic rings. The highest BCUT2D eigenvalue weighted by molar-refractivity contribution is 6.09. The highest BCUT2D eigenvalue weighted by Gasteiger charge is 2.26. The maximum absolute atomic E-state index is 12.9. The van der Waals surface area contributed by atoms with Crippen molar-refractivity contribution >= 4 is 34.0 Å². The van der Waals surface area contributed by atoms with Crippen molar-refractivity contribution in [2.75, 3.05) is 19.5 Å². The quantitative estimate of drug-likeness (QED) is 0.393. The number of nitrogens with two attached hydrogens (primary N) is 1. The first-order valence-corrected chi connectivity index (χ1v) is 9.53. The molecule has 0 unspecified atom stereocenters. The van der Waals surface area contributed by atoms with Gasteiger partial charge in [0.1, 0.15) is 22.6 Å². The average Bonchev–Trinajstić information content (AvgIpc) is 3.02. The topological polar surface area (TPSA) is 92.3 Å². The Hall–Kier alpha value is -3.61. The number of carbonyl (C=O) groups is 1. The molecule has 0 saturated heterocycles. The van der Waals surface area contributed by atoms with Gasteiger partial charge in [0.15, 0.2) is 5.65 Å². The van der Waals surface area contributed by atoms with Crippen LogP contribution >= 0.6 is 0 Å². The monoisotopic (exact) mass is 390 g/mol. The molecule has 0 fully saturated rings. The van der Waals surface area contributed by atoms with Crippen LogP contribution in [0.4, 0.5) is 5.82 Å². The third kappa shape index (κ3) is 3.24. The van der Waals surface area contributed by atoms with Gasteiger partial charge in [0.2, 0.25) is 0 Å². The molecule has 4 rings (SSSR count). The largest absolute Gasteiger partial charge is 0.495 e. The summed E-state index contributed by atoms with van der Waals surface area (Å²) in [5.41, 5.74) is 9.64. The average molecular weight is 390 g/mol. The highest BCUT2D eigenvalue weighted by Crippen LogP contribution is 2.34. The van der Waals surface area contributed by atoms with Crippen molar-refractivity contribution in [2.24, 2.45) is 0 Å². The van der Waals surface area contributed by atoms with Crippen LogP contribution in [0.1, 0.15) is 30.1 Å². The fourth-order valence-corrected chi connectivity index (χ4v) is 3.30. The second-order valence-electron chi connectivity index (χ2n) is 6.64. The van der Waals surface area contributed by atoms with Crippen LogP contribution in [0.15, 0.2) is 48.5 Å². The van der Waals surface area contributed by atoms with Crippen molar-refractivity contribution in [3.63, 3.8) is 0 Å². The van der Waals surface area contributed by atoms with Crippen LogP contribution in [0.3, 0.4) is 0 Å². The molecule has 29 heavy (non-hydrogen) atoms. The lowest BCUT2D eigenvalue weighted by Crippen LogP contribution is -2.10. The summed E-state index contributed by atoms with van der Waals surface area (Å²) >= 11 is 0. The zero-order valence-electron chi connectivity index (χ0n) is 16.4. The molecule has 0 radical (unpaired) electrons. The Balaban J connectivity index is 2.01. The summed E-state index contributed by atoms with van der Waals surface area (Å²) in [6.07, 6.45) is 1.71. The van der Waals surface area contributed by atoms with Crippen molar-refractivity contribution in [2.45, 2.75) is 19.8 Å². The molecular weight excluding hydrogens is 368 g/mol. The molecule has 0 aliphatic heterocycles. The number of nitrogen functional groups attached to an aromatic ring is 1. The van der Waals surface area contributed by atoms with Gasteiger partial charge in [0.05, 0.1) is 30.4 Å². The number of anilines is 1. The number of esters is 1. The van der Waals surface area contributed by atoms with Gasteiger partial charge in [-0.3, -0.25) is 4.57 Å². The van der Waals surface area contributed by atoms with Crippen molar-refractivity contribution < 1.29 is 14.3 Å². The normalized spacial score (nSPS) is 11.1. The molecule has 0 bridgehead atoms. The number of fused-ring (bicyclic) bond motifs is 2. The minimum Gasteiger partial charge on any atom is -0.495 e. The first-order chi connectivity index (χ1) is 14.2. The number of nitrogens with zero attached hydrogens (tertiary/aromatic N) is 3. The molecule has 2 aromatic carbocycles. The second-order valence-corrected chi connectivity index (χ2v) is 6.64. The van der Waals surface area contributed by atoms with Crippen molar-refractivity contribution in [3.8, 4) is 11.4 Å². The first kappa shape index (κ1) is 18.7. The van der Waals surface area contributed by atoms with E-state index >= 15 is 0 Å². The van der Waals surface area contributed by atoms with E-state index < -0.39 is 5.97 Å². The van der Waals surface area contributed by atoms with Crippen molar-refractivity contribution in [1.29, 1.82) is 0 Å². The molecular formula is C22H22N4O3. The molecule has 2 heterocycles. The van der Waals surface area contributed by atoms with Gasteiger partial charge in [0.25, 0.3) is 0 Å². The van der Waals surface area contributed by atoms with E-state index in [1.807, 2.05) is 55.5 Å². The van der Waals surface area contributed by atoms with Gasteiger partial charge in [-0.15, -0.1) is 0 Å². The molecule has 7 heteroatoms. The number of unbranched alkanes of at least 4 members (excludes halogenated alkanes) is 1. The third-order valence-electron chi connectivity index (χ3n) is 4.76.